The van der Waals surface area contributed by atoms with Crippen LogP contribution in [0.4, 0.5) is 0 Å². The number of carbonyl (C=O) groups is 1. The molecule has 1 aliphatic rings. The second-order valence-electron chi connectivity index (χ2n) is 4.51. The van der Waals surface area contributed by atoms with E-state index in [1.807, 2.05) is 29.2 Å². The SMILES string of the molecule is COc1cccc([C@@H]2SCCN2C(=O)c2ccoc2)c1. The van der Waals surface area contributed by atoms with Crippen molar-refractivity contribution in [2.45, 2.75) is 5.37 Å². The number of amides is 1. The van der Waals surface area contributed by atoms with Crippen molar-refractivity contribution in [3.63, 3.8) is 0 Å². The van der Waals surface area contributed by atoms with E-state index in [0.717, 1.165) is 23.6 Å². The summed E-state index contributed by atoms with van der Waals surface area (Å²) < 4.78 is 10.3. The van der Waals surface area contributed by atoms with Crippen LogP contribution in [0.15, 0.2) is 47.3 Å². The van der Waals surface area contributed by atoms with Crippen LogP contribution in [-0.4, -0.2) is 30.2 Å². The third-order valence-electron chi connectivity index (χ3n) is 3.30. The first-order valence-electron chi connectivity index (χ1n) is 6.38. The van der Waals surface area contributed by atoms with Crippen LogP contribution < -0.4 is 4.74 Å². The van der Waals surface area contributed by atoms with Crippen LogP contribution >= 0.6 is 11.8 Å². The average Bonchev–Trinajstić information content (AvgIpc) is 3.17. The van der Waals surface area contributed by atoms with Crippen molar-refractivity contribution < 1.29 is 13.9 Å². The molecule has 1 aromatic carbocycles. The second kappa shape index (κ2) is 5.63. The Labute approximate surface area is 121 Å². The first kappa shape index (κ1) is 13.1. The predicted octanol–water partition coefficient (Wildman–Crippen LogP) is 3.18. The number of methoxy groups -OCH3 is 1. The largest absolute Gasteiger partial charge is 0.497 e. The Bertz CT molecular complexity index is 597. The van der Waals surface area contributed by atoms with Gasteiger partial charge in [-0.15, -0.1) is 11.8 Å². The van der Waals surface area contributed by atoms with Gasteiger partial charge in [-0.3, -0.25) is 4.79 Å². The number of hydrogen-bond acceptors (Lipinski definition) is 4. The minimum absolute atomic E-state index is 0.0107. The molecule has 1 fully saturated rings. The van der Waals surface area contributed by atoms with Crippen LogP contribution in [0, 0.1) is 0 Å². The summed E-state index contributed by atoms with van der Waals surface area (Å²) in [5.74, 6) is 1.76. The number of rotatable bonds is 3. The monoisotopic (exact) mass is 289 g/mol. The van der Waals surface area contributed by atoms with Gasteiger partial charge in [0, 0.05) is 12.3 Å². The van der Waals surface area contributed by atoms with Gasteiger partial charge in [0.1, 0.15) is 17.4 Å². The lowest BCUT2D eigenvalue weighted by Gasteiger charge is -2.23. The molecular weight excluding hydrogens is 274 g/mol. The minimum atomic E-state index is 0.0107. The van der Waals surface area contributed by atoms with Gasteiger partial charge in [-0.25, -0.2) is 0 Å². The summed E-state index contributed by atoms with van der Waals surface area (Å²) in [7, 11) is 1.65. The van der Waals surface area contributed by atoms with E-state index in [1.165, 1.54) is 12.5 Å². The molecule has 1 amide bonds. The minimum Gasteiger partial charge on any atom is -0.497 e. The van der Waals surface area contributed by atoms with Gasteiger partial charge in [-0.05, 0) is 23.8 Å². The number of carbonyl (C=O) groups excluding carboxylic acids is 1. The van der Waals surface area contributed by atoms with Crippen LogP contribution in [0.1, 0.15) is 21.3 Å². The normalized spacial score (nSPS) is 18.2. The van der Waals surface area contributed by atoms with Crippen LogP contribution in [-0.2, 0) is 0 Å². The maximum absolute atomic E-state index is 12.5. The van der Waals surface area contributed by atoms with Gasteiger partial charge in [0.25, 0.3) is 5.91 Å². The summed E-state index contributed by atoms with van der Waals surface area (Å²) in [5.41, 5.74) is 1.68. The van der Waals surface area contributed by atoms with Crippen molar-refractivity contribution >= 4 is 17.7 Å². The van der Waals surface area contributed by atoms with Crippen molar-refractivity contribution in [2.24, 2.45) is 0 Å². The molecule has 0 spiro atoms. The smallest absolute Gasteiger partial charge is 0.258 e. The fraction of sp³-hybridized carbons (Fsp3) is 0.267. The van der Waals surface area contributed by atoms with Gasteiger partial charge >= 0.3 is 0 Å². The van der Waals surface area contributed by atoms with Gasteiger partial charge in [0.2, 0.25) is 0 Å². The maximum atomic E-state index is 12.5. The highest BCUT2D eigenvalue weighted by atomic mass is 32.2. The molecule has 3 rings (SSSR count). The predicted molar refractivity (Wildman–Crippen MR) is 77.9 cm³/mol. The molecule has 0 unspecified atom stereocenters. The highest BCUT2D eigenvalue weighted by Crippen LogP contribution is 2.39. The first-order chi connectivity index (χ1) is 9.79. The molecule has 5 heteroatoms. The zero-order valence-corrected chi connectivity index (χ0v) is 11.9. The van der Waals surface area contributed by atoms with Crippen molar-refractivity contribution in [3.05, 3.63) is 54.0 Å². The molecule has 0 radical (unpaired) electrons. The first-order valence-corrected chi connectivity index (χ1v) is 7.43. The van der Waals surface area contributed by atoms with Gasteiger partial charge in [0.05, 0.1) is 18.9 Å². The van der Waals surface area contributed by atoms with Crippen molar-refractivity contribution in [2.75, 3.05) is 19.4 Å². The molecule has 4 nitrogen and oxygen atoms in total. The molecule has 0 aliphatic carbocycles. The van der Waals surface area contributed by atoms with E-state index in [1.54, 1.807) is 24.9 Å². The standard InChI is InChI=1S/C15H15NO3S/c1-18-13-4-2-3-11(9-13)15-16(6-8-20-15)14(17)12-5-7-19-10-12/h2-5,7,9-10,15H,6,8H2,1H3/t15-/m0/s1. The maximum Gasteiger partial charge on any atom is 0.258 e. The Hall–Kier alpha value is -1.88. The van der Waals surface area contributed by atoms with E-state index in [2.05, 4.69) is 0 Å². The lowest BCUT2D eigenvalue weighted by Crippen LogP contribution is -2.30. The molecule has 1 saturated heterocycles. The third kappa shape index (κ3) is 2.41. The Morgan fingerprint density at radius 3 is 3.10 bits per heavy atom. The van der Waals surface area contributed by atoms with Crippen LogP contribution in [0.25, 0.3) is 0 Å². The summed E-state index contributed by atoms with van der Waals surface area (Å²) >= 11 is 1.77. The molecule has 0 saturated carbocycles. The van der Waals surface area contributed by atoms with Gasteiger partial charge in [-0.2, -0.15) is 0 Å². The number of ether oxygens (including phenoxy) is 1. The Balaban J connectivity index is 1.86. The van der Waals surface area contributed by atoms with Crippen LogP contribution in [0.3, 0.4) is 0 Å². The number of furan rings is 1. The average molecular weight is 289 g/mol. The summed E-state index contributed by atoms with van der Waals surface area (Å²) in [5, 5.41) is 0.0347. The highest BCUT2D eigenvalue weighted by molar-refractivity contribution is 7.99. The molecule has 0 bridgehead atoms. The fourth-order valence-electron chi connectivity index (χ4n) is 2.30. The Kier molecular flexibility index (Phi) is 3.69. The van der Waals surface area contributed by atoms with Gasteiger partial charge in [-0.1, -0.05) is 12.1 Å². The summed E-state index contributed by atoms with van der Waals surface area (Å²) in [6, 6.07) is 9.58. The van der Waals surface area contributed by atoms with Gasteiger partial charge < -0.3 is 14.1 Å². The number of benzene rings is 1. The summed E-state index contributed by atoms with van der Waals surface area (Å²) in [4.78, 5) is 14.3. The summed E-state index contributed by atoms with van der Waals surface area (Å²) in [6.45, 7) is 0.747. The van der Waals surface area contributed by atoms with E-state index in [-0.39, 0.29) is 11.3 Å². The Morgan fingerprint density at radius 1 is 1.45 bits per heavy atom. The van der Waals surface area contributed by atoms with Gasteiger partial charge in [0.15, 0.2) is 0 Å². The lowest BCUT2D eigenvalue weighted by molar-refractivity contribution is 0.0759. The summed E-state index contributed by atoms with van der Waals surface area (Å²) in [6.07, 6.45) is 3.02. The number of nitrogens with zero attached hydrogens (tertiary/aromatic N) is 1. The van der Waals surface area contributed by atoms with E-state index in [0.29, 0.717) is 5.56 Å². The molecule has 1 aromatic heterocycles. The zero-order chi connectivity index (χ0) is 13.9. The number of thioether (sulfide) groups is 1. The third-order valence-corrected chi connectivity index (χ3v) is 4.56. The van der Waals surface area contributed by atoms with Crippen molar-refractivity contribution in [3.8, 4) is 5.75 Å². The zero-order valence-electron chi connectivity index (χ0n) is 11.1. The second-order valence-corrected chi connectivity index (χ2v) is 5.70. The van der Waals surface area contributed by atoms with Crippen LogP contribution in [0.5, 0.6) is 5.75 Å². The molecule has 104 valence electrons. The van der Waals surface area contributed by atoms with Crippen molar-refractivity contribution in [1.29, 1.82) is 0 Å². The molecule has 1 atom stereocenters. The topological polar surface area (TPSA) is 42.7 Å². The van der Waals surface area contributed by atoms with E-state index >= 15 is 0 Å². The Morgan fingerprint density at radius 2 is 2.35 bits per heavy atom. The van der Waals surface area contributed by atoms with Crippen molar-refractivity contribution in [1.82, 2.24) is 4.90 Å². The fourth-order valence-corrected chi connectivity index (χ4v) is 3.55. The molecule has 2 heterocycles. The molecule has 0 N–H and O–H groups in total. The molecule has 1 aliphatic heterocycles. The number of hydrogen-bond donors (Lipinski definition) is 0. The highest BCUT2D eigenvalue weighted by Gasteiger charge is 2.31. The van der Waals surface area contributed by atoms with E-state index in [9.17, 15) is 4.79 Å². The van der Waals surface area contributed by atoms with E-state index < -0.39 is 0 Å². The quantitative estimate of drug-likeness (QED) is 0.870. The van der Waals surface area contributed by atoms with E-state index in [4.69, 9.17) is 9.15 Å². The molecule has 20 heavy (non-hydrogen) atoms. The lowest BCUT2D eigenvalue weighted by atomic mass is 10.2. The van der Waals surface area contributed by atoms with Crippen LogP contribution in [0.2, 0.25) is 0 Å². The molecule has 2 aromatic rings. The molecular formula is C15H15NO3S.